The van der Waals surface area contributed by atoms with Crippen molar-refractivity contribution in [1.82, 2.24) is 10.6 Å². The third-order valence-corrected chi connectivity index (χ3v) is 2.37. The van der Waals surface area contributed by atoms with Gasteiger partial charge in [0.15, 0.2) is 0 Å². The summed E-state index contributed by atoms with van der Waals surface area (Å²) in [5.74, 6) is -1.53. The van der Waals surface area contributed by atoms with Crippen molar-refractivity contribution in [3.05, 3.63) is 35.6 Å². The first-order chi connectivity index (χ1) is 8.31. The summed E-state index contributed by atoms with van der Waals surface area (Å²) >= 11 is 0. The minimum atomic E-state index is -1.13. The molecule has 1 aromatic carbocycles. The van der Waals surface area contributed by atoms with Crippen LogP contribution in [0.25, 0.3) is 0 Å². The number of aliphatic carboxylic acids is 1. The van der Waals surface area contributed by atoms with Gasteiger partial charge in [-0.05, 0) is 31.5 Å². The fourth-order valence-corrected chi connectivity index (χ4v) is 1.43. The fraction of sp³-hybridized carbons (Fsp3) is 0.333. The summed E-state index contributed by atoms with van der Waals surface area (Å²) in [6.45, 7) is 2.93. The molecule has 0 spiro atoms. The van der Waals surface area contributed by atoms with Crippen LogP contribution in [-0.4, -0.2) is 23.7 Å². The summed E-state index contributed by atoms with van der Waals surface area (Å²) in [6, 6.07) is 5.23. The second kappa shape index (κ2) is 5.48. The Hall–Kier alpha value is -2.11. The Morgan fingerprint density at radius 1 is 1.39 bits per heavy atom. The molecule has 0 atom stereocenters. The Kier molecular flexibility index (Phi) is 4.25. The highest BCUT2D eigenvalue weighted by atomic mass is 19.1. The van der Waals surface area contributed by atoms with Crippen LogP contribution in [0.5, 0.6) is 0 Å². The van der Waals surface area contributed by atoms with Crippen LogP contribution < -0.4 is 10.6 Å². The normalized spacial score (nSPS) is 10.8. The van der Waals surface area contributed by atoms with Crippen molar-refractivity contribution < 1.29 is 19.1 Å². The Morgan fingerprint density at radius 2 is 2.06 bits per heavy atom. The van der Waals surface area contributed by atoms with E-state index in [-0.39, 0.29) is 0 Å². The van der Waals surface area contributed by atoms with Gasteiger partial charge in [0.2, 0.25) is 0 Å². The Balaban J connectivity index is 2.69. The first kappa shape index (κ1) is 14.0. The van der Waals surface area contributed by atoms with E-state index in [0.29, 0.717) is 5.56 Å². The molecule has 0 saturated carbocycles. The van der Waals surface area contributed by atoms with Crippen molar-refractivity contribution in [1.29, 1.82) is 0 Å². The minimum absolute atomic E-state index is 0.395. The number of rotatable bonds is 4. The maximum absolute atomic E-state index is 13.1. The number of urea groups is 1. The molecule has 0 aromatic heterocycles. The molecule has 6 heteroatoms. The van der Waals surface area contributed by atoms with Crippen molar-refractivity contribution in [2.75, 3.05) is 6.54 Å². The molecule has 0 saturated heterocycles. The highest BCUT2D eigenvalue weighted by Crippen LogP contribution is 2.20. The van der Waals surface area contributed by atoms with E-state index in [1.165, 1.54) is 12.1 Å². The second-order valence-electron chi connectivity index (χ2n) is 4.34. The number of amides is 2. The number of carbonyl (C=O) groups excluding carboxylic acids is 1. The number of nitrogens with one attached hydrogen (secondary N) is 2. The number of carbonyl (C=O) groups is 2. The molecule has 1 aromatic rings. The average molecular weight is 254 g/mol. The summed E-state index contributed by atoms with van der Waals surface area (Å²) in [6.07, 6.45) is 0. The zero-order chi connectivity index (χ0) is 13.8. The molecule has 0 aliphatic rings. The monoisotopic (exact) mass is 254 g/mol. The first-order valence-corrected chi connectivity index (χ1v) is 5.35. The second-order valence-corrected chi connectivity index (χ2v) is 4.34. The lowest BCUT2D eigenvalue weighted by molar-refractivity contribution is -0.135. The van der Waals surface area contributed by atoms with E-state index < -0.39 is 29.9 Å². The van der Waals surface area contributed by atoms with Crippen LogP contribution in [0.4, 0.5) is 9.18 Å². The highest BCUT2D eigenvalue weighted by molar-refractivity contribution is 5.80. The van der Waals surface area contributed by atoms with Crippen LogP contribution >= 0.6 is 0 Å². The van der Waals surface area contributed by atoms with Crippen molar-refractivity contribution in [3.63, 3.8) is 0 Å². The lowest BCUT2D eigenvalue weighted by Crippen LogP contribution is -2.47. The Morgan fingerprint density at radius 3 is 2.61 bits per heavy atom. The van der Waals surface area contributed by atoms with Gasteiger partial charge in [-0.25, -0.2) is 9.18 Å². The van der Waals surface area contributed by atoms with Crippen LogP contribution in [0.1, 0.15) is 19.4 Å². The van der Waals surface area contributed by atoms with Crippen LogP contribution in [0.2, 0.25) is 0 Å². The van der Waals surface area contributed by atoms with E-state index in [2.05, 4.69) is 10.6 Å². The summed E-state index contributed by atoms with van der Waals surface area (Å²) in [7, 11) is 0. The zero-order valence-corrected chi connectivity index (χ0v) is 10.2. The molecule has 0 aliphatic carbocycles. The van der Waals surface area contributed by atoms with Gasteiger partial charge in [-0.1, -0.05) is 12.1 Å². The topological polar surface area (TPSA) is 78.4 Å². The van der Waals surface area contributed by atoms with Crippen molar-refractivity contribution in [3.8, 4) is 0 Å². The van der Waals surface area contributed by atoms with Crippen molar-refractivity contribution in [2.45, 2.75) is 19.4 Å². The maximum atomic E-state index is 13.1. The molecule has 0 aliphatic heterocycles. The van der Waals surface area contributed by atoms with Crippen LogP contribution in [0.15, 0.2) is 24.3 Å². The number of carboxylic acids is 1. The van der Waals surface area contributed by atoms with Gasteiger partial charge < -0.3 is 15.7 Å². The molecule has 5 nitrogen and oxygen atoms in total. The van der Waals surface area contributed by atoms with Gasteiger partial charge in [0.1, 0.15) is 12.4 Å². The molecule has 2 amide bonds. The molecule has 98 valence electrons. The lowest BCUT2D eigenvalue weighted by Gasteiger charge is -2.26. The van der Waals surface area contributed by atoms with Crippen LogP contribution in [-0.2, 0) is 10.3 Å². The molecule has 0 radical (unpaired) electrons. The average Bonchev–Trinajstić information content (AvgIpc) is 2.26. The quantitative estimate of drug-likeness (QED) is 0.760. The third-order valence-electron chi connectivity index (χ3n) is 2.37. The summed E-state index contributed by atoms with van der Waals surface area (Å²) < 4.78 is 13.1. The number of carboxylic acid groups (broad SMARTS) is 1. The number of hydrogen-bond acceptors (Lipinski definition) is 2. The SMILES string of the molecule is CC(C)(NC(=O)NCC(=O)O)c1cccc(F)c1. The van der Waals surface area contributed by atoms with Gasteiger partial charge in [-0.2, -0.15) is 0 Å². The summed E-state index contributed by atoms with van der Waals surface area (Å²) in [5, 5.41) is 13.2. The smallest absolute Gasteiger partial charge is 0.323 e. The molecule has 3 N–H and O–H groups in total. The predicted octanol–water partition coefficient (Wildman–Crippen LogP) is 1.44. The molecular weight excluding hydrogens is 239 g/mol. The van der Waals surface area contributed by atoms with E-state index in [1.54, 1.807) is 26.0 Å². The van der Waals surface area contributed by atoms with E-state index in [9.17, 15) is 14.0 Å². The van der Waals surface area contributed by atoms with Gasteiger partial charge in [-0.15, -0.1) is 0 Å². The largest absolute Gasteiger partial charge is 0.480 e. The molecular formula is C12H15FN2O3. The molecule has 0 unspecified atom stereocenters. The molecule has 0 heterocycles. The van der Waals surface area contributed by atoms with Gasteiger partial charge in [-0.3, -0.25) is 4.79 Å². The summed E-state index contributed by atoms with van der Waals surface area (Å²) in [4.78, 5) is 21.7. The molecule has 1 rings (SSSR count). The van der Waals surface area contributed by atoms with Gasteiger partial charge in [0.25, 0.3) is 0 Å². The predicted molar refractivity (Wildman–Crippen MR) is 63.6 cm³/mol. The summed E-state index contributed by atoms with van der Waals surface area (Å²) in [5.41, 5.74) is -0.210. The maximum Gasteiger partial charge on any atom is 0.323 e. The highest BCUT2D eigenvalue weighted by Gasteiger charge is 2.23. The van der Waals surface area contributed by atoms with Crippen molar-refractivity contribution >= 4 is 12.0 Å². The van der Waals surface area contributed by atoms with Crippen molar-refractivity contribution in [2.24, 2.45) is 0 Å². The lowest BCUT2D eigenvalue weighted by atomic mass is 9.94. The fourth-order valence-electron chi connectivity index (χ4n) is 1.43. The van der Waals surface area contributed by atoms with E-state index >= 15 is 0 Å². The standard InChI is InChI=1S/C12H15FN2O3/c1-12(2,8-4-3-5-9(13)6-8)15-11(18)14-7-10(16)17/h3-6H,7H2,1-2H3,(H,16,17)(H2,14,15,18). The van der Waals surface area contributed by atoms with Crippen LogP contribution in [0, 0.1) is 5.82 Å². The van der Waals surface area contributed by atoms with Gasteiger partial charge in [0.05, 0.1) is 5.54 Å². The van der Waals surface area contributed by atoms with E-state index in [0.717, 1.165) is 0 Å². The van der Waals surface area contributed by atoms with Gasteiger partial charge in [0, 0.05) is 0 Å². The zero-order valence-electron chi connectivity index (χ0n) is 10.2. The van der Waals surface area contributed by atoms with E-state index in [4.69, 9.17) is 5.11 Å². The van der Waals surface area contributed by atoms with Crippen LogP contribution in [0.3, 0.4) is 0 Å². The number of halogens is 1. The molecule has 18 heavy (non-hydrogen) atoms. The molecule has 0 bridgehead atoms. The number of benzene rings is 1. The van der Waals surface area contributed by atoms with E-state index in [1.807, 2.05) is 0 Å². The third kappa shape index (κ3) is 4.04. The van der Waals surface area contributed by atoms with Gasteiger partial charge >= 0.3 is 12.0 Å². The Labute approximate surface area is 104 Å². The Bertz CT molecular complexity index is 460. The molecule has 0 fully saturated rings. The minimum Gasteiger partial charge on any atom is -0.480 e. The number of hydrogen-bond donors (Lipinski definition) is 3. The first-order valence-electron chi connectivity index (χ1n) is 5.35.